The summed E-state index contributed by atoms with van der Waals surface area (Å²) in [6.45, 7) is 12.9. The number of rotatable bonds is 14. The molecule has 0 spiro atoms. The molecular formula is C19H41N. The van der Waals surface area contributed by atoms with Gasteiger partial charge in [-0.15, -0.1) is 0 Å². The Morgan fingerprint density at radius 3 is 1.50 bits per heavy atom. The van der Waals surface area contributed by atoms with E-state index in [1.165, 1.54) is 77.2 Å². The standard InChI is InChI=1S/C19H41N/c1-6-8-9-10-11-12-13-14-15-16-17-20(18(3)4)19(5)7-2/h18-19H,6-17H2,1-5H3. The zero-order valence-corrected chi connectivity index (χ0v) is 15.1. The molecule has 0 aliphatic carbocycles. The highest BCUT2D eigenvalue weighted by Gasteiger charge is 2.14. The van der Waals surface area contributed by atoms with Crippen LogP contribution in [0.5, 0.6) is 0 Å². The third kappa shape index (κ3) is 10.7. The zero-order chi connectivity index (χ0) is 15.2. The van der Waals surface area contributed by atoms with Crippen LogP contribution in [0.3, 0.4) is 0 Å². The summed E-state index contributed by atoms with van der Waals surface area (Å²) in [6.07, 6.45) is 15.6. The monoisotopic (exact) mass is 283 g/mol. The molecule has 0 aliphatic heterocycles. The molecule has 0 aliphatic rings. The number of nitrogens with zero attached hydrogens (tertiary/aromatic N) is 1. The molecule has 1 atom stereocenters. The third-order valence-corrected chi connectivity index (χ3v) is 4.59. The van der Waals surface area contributed by atoms with Crippen molar-refractivity contribution in [2.45, 2.75) is 117 Å². The van der Waals surface area contributed by atoms with Gasteiger partial charge in [-0.2, -0.15) is 0 Å². The van der Waals surface area contributed by atoms with Crippen LogP contribution >= 0.6 is 0 Å². The van der Waals surface area contributed by atoms with Gasteiger partial charge in [0.25, 0.3) is 0 Å². The fraction of sp³-hybridized carbons (Fsp3) is 1.00. The molecule has 0 aromatic carbocycles. The molecule has 0 aromatic rings. The van der Waals surface area contributed by atoms with Gasteiger partial charge in [-0.3, -0.25) is 4.90 Å². The van der Waals surface area contributed by atoms with E-state index in [0.29, 0.717) is 6.04 Å². The van der Waals surface area contributed by atoms with Crippen molar-refractivity contribution in [3.8, 4) is 0 Å². The molecule has 20 heavy (non-hydrogen) atoms. The minimum absolute atomic E-state index is 0.698. The van der Waals surface area contributed by atoms with Crippen molar-refractivity contribution >= 4 is 0 Å². The molecule has 0 aromatic heterocycles. The van der Waals surface area contributed by atoms with E-state index in [1.54, 1.807) is 0 Å². The average Bonchev–Trinajstić information content (AvgIpc) is 2.43. The molecule has 0 saturated heterocycles. The largest absolute Gasteiger partial charge is 0.298 e. The first-order valence-corrected chi connectivity index (χ1v) is 9.39. The van der Waals surface area contributed by atoms with Crippen LogP contribution in [-0.4, -0.2) is 23.5 Å². The summed E-state index contributed by atoms with van der Waals surface area (Å²) < 4.78 is 0. The Kier molecular flexibility index (Phi) is 13.9. The number of hydrogen-bond acceptors (Lipinski definition) is 1. The molecular weight excluding hydrogens is 242 g/mol. The molecule has 0 saturated carbocycles. The zero-order valence-electron chi connectivity index (χ0n) is 15.1. The van der Waals surface area contributed by atoms with Gasteiger partial charge in [-0.05, 0) is 40.2 Å². The van der Waals surface area contributed by atoms with Crippen LogP contribution in [0.4, 0.5) is 0 Å². The Morgan fingerprint density at radius 2 is 1.10 bits per heavy atom. The molecule has 0 heterocycles. The van der Waals surface area contributed by atoms with Gasteiger partial charge in [0.1, 0.15) is 0 Å². The molecule has 122 valence electrons. The van der Waals surface area contributed by atoms with Gasteiger partial charge in [0, 0.05) is 12.1 Å². The molecule has 0 radical (unpaired) electrons. The van der Waals surface area contributed by atoms with Crippen LogP contribution in [0.1, 0.15) is 105 Å². The Labute approximate surface area is 129 Å². The highest BCUT2D eigenvalue weighted by Crippen LogP contribution is 2.13. The van der Waals surface area contributed by atoms with E-state index in [0.717, 1.165) is 6.04 Å². The minimum Gasteiger partial charge on any atom is -0.298 e. The van der Waals surface area contributed by atoms with E-state index < -0.39 is 0 Å². The summed E-state index contributed by atoms with van der Waals surface area (Å²) in [6, 6.07) is 1.44. The van der Waals surface area contributed by atoms with Crippen molar-refractivity contribution < 1.29 is 0 Å². The Morgan fingerprint density at radius 1 is 0.650 bits per heavy atom. The van der Waals surface area contributed by atoms with Crippen LogP contribution in [0.15, 0.2) is 0 Å². The van der Waals surface area contributed by atoms with Crippen molar-refractivity contribution in [1.29, 1.82) is 0 Å². The van der Waals surface area contributed by atoms with E-state index in [1.807, 2.05) is 0 Å². The van der Waals surface area contributed by atoms with Gasteiger partial charge in [-0.1, -0.05) is 71.6 Å². The molecule has 0 amide bonds. The maximum Gasteiger partial charge on any atom is 0.00670 e. The summed E-state index contributed by atoms with van der Waals surface area (Å²) in [7, 11) is 0. The van der Waals surface area contributed by atoms with Gasteiger partial charge >= 0.3 is 0 Å². The lowest BCUT2D eigenvalue weighted by molar-refractivity contribution is 0.156. The molecule has 1 nitrogen and oxygen atoms in total. The maximum atomic E-state index is 2.67. The third-order valence-electron chi connectivity index (χ3n) is 4.59. The predicted molar refractivity (Wildman–Crippen MR) is 93.4 cm³/mol. The first kappa shape index (κ1) is 20.0. The Bertz CT molecular complexity index is 188. The van der Waals surface area contributed by atoms with Gasteiger partial charge in [0.15, 0.2) is 0 Å². The Balaban J connectivity index is 3.41. The van der Waals surface area contributed by atoms with Crippen molar-refractivity contribution in [2.75, 3.05) is 6.54 Å². The molecule has 1 heteroatoms. The molecule has 0 rings (SSSR count). The number of unbranched alkanes of at least 4 members (excludes halogenated alkanes) is 9. The van der Waals surface area contributed by atoms with E-state index in [-0.39, 0.29) is 0 Å². The van der Waals surface area contributed by atoms with Crippen molar-refractivity contribution in [1.82, 2.24) is 4.90 Å². The predicted octanol–water partition coefficient (Wildman–Crippen LogP) is 6.42. The van der Waals surface area contributed by atoms with E-state index in [2.05, 4.69) is 39.5 Å². The van der Waals surface area contributed by atoms with Crippen LogP contribution < -0.4 is 0 Å². The molecule has 0 N–H and O–H groups in total. The first-order chi connectivity index (χ1) is 9.63. The summed E-state index contributed by atoms with van der Waals surface area (Å²) in [4.78, 5) is 2.67. The van der Waals surface area contributed by atoms with Crippen molar-refractivity contribution in [3.05, 3.63) is 0 Å². The molecule has 1 unspecified atom stereocenters. The highest BCUT2D eigenvalue weighted by atomic mass is 15.2. The summed E-state index contributed by atoms with van der Waals surface area (Å²) >= 11 is 0. The second-order valence-corrected chi connectivity index (χ2v) is 6.77. The first-order valence-electron chi connectivity index (χ1n) is 9.39. The normalized spacial score (nSPS) is 13.3. The lowest BCUT2D eigenvalue weighted by Gasteiger charge is -2.32. The second kappa shape index (κ2) is 13.9. The van der Waals surface area contributed by atoms with Crippen molar-refractivity contribution in [3.63, 3.8) is 0 Å². The molecule has 0 fully saturated rings. The lowest BCUT2D eigenvalue weighted by Crippen LogP contribution is -2.39. The minimum atomic E-state index is 0.698. The second-order valence-electron chi connectivity index (χ2n) is 6.77. The topological polar surface area (TPSA) is 3.24 Å². The summed E-state index contributed by atoms with van der Waals surface area (Å²) in [5, 5.41) is 0. The highest BCUT2D eigenvalue weighted by molar-refractivity contribution is 4.69. The van der Waals surface area contributed by atoms with Crippen LogP contribution in [0.25, 0.3) is 0 Å². The van der Waals surface area contributed by atoms with E-state index >= 15 is 0 Å². The van der Waals surface area contributed by atoms with Crippen molar-refractivity contribution in [2.24, 2.45) is 0 Å². The van der Waals surface area contributed by atoms with Crippen LogP contribution in [0, 0.1) is 0 Å². The summed E-state index contributed by atoms with van der Waals surface area (Å²) in [5.41, 5.74) is 0. The Hall–Kier alpha value is -0.0400. The quantitative estimate of drug-likeness (QED) is 0.333. The average molecular weight is 284 g/mol. The molecule has 0 bridgehead atoms. The SMILES string of the molecule is CCCCCCCCCCCCN(C(C)C)C(C)CC. The van der Waals surface area contributed by atoms with Gasteiger partial charge in [0.05, 0.1) is 0 Å². The van der Waals surface area contributed by atoms with E-state index in [4.69, 9.17) is 0 Å². The van der Waals surface area contributed by atoms with Crippen LogP contribution in [-0.2, 0) is 0 Å². The lowest BCUT2D eigenvalue weighted by atomic mass is 10.1. The summed E-state index contributed by atoms with van der Waals surface area (Å²) in [5.74, 6) is 0. The fourth-order valence-corrected chi connectivity index (χ4v) is 3.00. The van der Waals surface area contributed by atoms with Gasteiger partial charge in [0.2, 0.25) is 0 Å². The smallest absolute Gasteiger partial charge is 0.00670 e. The van der Waals surface area contributed by atoms with E-state index in [9.17, 15) is 0 Å². The van der Waals surface area contributed by atoms with Crippen LogP contribution in [0.2, 0.25) is 0 Å². The fourth-order valence-electron chi connectivity index (χ4n) is 3.00. The number of hydrogen-bond donors (Lipinski definition) is 0. The van der Waals surface area contributed by atoms with Gasteiger partial charge in [-0.25, -0.2) is 0 Å². The maximum absolute atomic E-state index is 2.67. The van der Waals surface area contributed by atoms with Gasteiger partial charge < -0.3 is 0 Å².